The van der Waals surface area contributed by atoms with E-state index in [4.69, 9.17) is 5.73 Å². The largest absolute Gasteiger partial charge is 0.345 e. The van der Waals surface area contributed by atoms with Crippen molar-refractivity contribution < 1.29 is 4.79 Å². The van der Waals surface area contributed by atoms with Gasteiger partial charge in [0.05, 0.1) is 6.04 Å². The molecule has 1 aliphatic rings. The van der Waals surface area contributed by atoms with Crippen molar-refractivity contribution in [1.82, 2.24) is 10.3 Å². The van der Waals surface area contributed by atoms with Crippen molar-refractivity contribution >= 4 is 5.91 Å². The maximum absolute atomic E-state index is 12.8. The molecule has 1 heterocycles. The number of nitrogens with one attached hydrogen (secondary N) is 1. The number of carbonyl (C=O) groups is 1. The van der Waals surface area contributed by atoms with Crippen LogP contribution in [0.2, 0.25) is 0 Å². The van der Waals surface area contributed by atoms with Gasteiger partial charge in [-0.25, -0.2) is 0 Å². The second kappa shape index (κ2) is 8.06. The number of nitrogens with two attached hydrogens (primary N) is 1. The molecule has 0 unspecified atom stereocenters. The minimum absolute atomic E-state index is 0.0980. The summed E-state index contributed by atoms with van der Waals surface area (Å²) in [6, 6.07) is 13.9. The van der Waals surface area contributed by atoms with Gasteiger partial charge in [0.2, 0.25) is 5.91 Å². The second-order valence-electron chi connectivity index (χ2n) is 6.59. The normalized spacial score (nSPS) is 21.9. The van der Waals surface area contributed by atoms with E-state index in [1.807, 2.05) is 30.3 Å². The molecule has 3 N–H and O–H groups in total. The molecule has 126 valence electrons. The van der Waals surface area contributed by atoms with E-state index < -0.39 is 0 Å². The fourth-order valence-corrected chi connectivity index (χ4v) is 3.48. The Balaban J connectivity index is 1.74. The highest BCUT2D eigenvalue weighted by Crippen LogP contribution is 2.29. The third-order valence-electron chi connectivity index (χ3n) is 5.01. The van der Waals surface area contributed by atoms with E-state index in [1.165, 1.54) is 0 Å². The topological polar surface area (TPSA) is 68.0 Å². The molecule has 24 heavy (non-hydrogen) atoms. The quantitative estimate of drug-likeness (QED) is 0.888. The third kappa shape index (κ3) is 4.01. The molecular weight excluding hydrogens is 298 g/mol. The Kier molecular flexibility index (Phi) is 5.59. The van der Waals surface area contributed by atoms with E-state index in [9.17, 15) is 4.79 Å². The summed E-state index contributed by atoms with van der Waals surface area (Å²) in [5, 5.41) is 3.25. The van der Waals surface area contributed by atoms with E-state index in [0.29, 0.717) is 5.92 Å². The molecule has 3 rings (SSSR count). The van der Waals surface area contributed by atoms with Crippen LogP contribution in [0, 0.1) is 11.8 Å². The summed E-state index contributed by atoms with van der Waals surface area (Å²) >= 11 is 0. The monoisotopic (exact) mass is 323 g/mol. The Hall–Kier alpha value is -2.20. The first-order chi connectivity index (χ1) is 11.8. The van der Waals surface area contributed by atoms with E-state index in [0.717, 1.165) is 43.4 Å². The Morgan fingerprint density at radius 3 is 2.29 bits per heavy atom. The number of aromatic nitrogens is 1. The predicted molar refractivity (Wildman–Crippen MR) is 95.2 cm³/mol. The lowest BCUT2D eigenvalue weighted by molar-refractivity contribution is -0.126. The molecule has 4 heteroatoms. The Morgan fingerprint density at radius 2 is 1.67 bits per heavy atom. The fraction of sp³-hybridized carbons (Fsp3) is 0.400. The van der Waals surface area contributed by atoms with Crippen LogP contribution in [-0.2, 0) is 4.79 Å². The molecule has 0 saturated heterocycles. The molecule has 1 aliphatic carbocycles. The van der Waals surface area contributed by atoms with Crippen LogP contribution in [0.3, 0.4) is 0 Å². The molecule has 0 spiro atoms. The summed E-state index contributed by atoms with van der Waals surface area (Å²) in [7, 11) is 0. The van der Waals surface area contributed by atoms with Crippen LogP contribution >= 0.6 is 0 Å². The highest BCUT2D eigenvalue weighted by atomic mass is 16.1. The maximum atomic E-state index is 12.8. The Bertz CT molecular complexity index is 597. The molecule has 1 aromatic heterocycles. The minimum atomic E-state index is -0.131. The fourth-order valence-electron chi connectivity index (χ4n) is 3.48. The van der Waals surface area contributed by atoms with Crippen molar-refractivity contribution in [3.63, 3.8) is 0 Å². The first-order valence-corrected chi connectivity index (χ1v) is 8.73. The number of amides is 1. The summed E-state index contributed by atoms with van der Waals surface area (Å²) in [5.74, 6) is 0.830. The van der Waals surface area contributed by atoms with Gasteiger partial charge in [-0.3, -0.25) is 9.78 Å². The summed E-state index contributed by atoms with van der Waals surface area (Å²) in [5.41, 5.74) is 7.90. The van der Waals surface area contributed by atoms with Gasteiger partial charge < -0.3 is 11.1 Å². The van der Waals surface area contributed by atoms with Crippen LogP contribution in [0.25, 0.3) is 0 Å². The zero-order chi connectivity index (χ0) is 16.8. The zero-order valence-corrected chi connectivity index (χ0v) is 13.9. The average Bonchev–Trinajstić information content (AvgIpc) is 2.67. The van der Waals surface area contributed by atoms with Crippen molar-refractivity contribution in [2.45, 2.75) is 31.7 Å². The highest BCUT2D eigenvalue weighted by Gasteiger charge is 2.27. The zero-order valence-electron chi connectivity index (χ0n) is 13.9. The van der Waals surface area contributed by atoms with Gasteiger partial charge in [-0.1, -0.05) is 30.3 Å². The van der Waals surface area contributed by atoms with Gasteiger partial charge in [-0.15, -0.1) is 0 Å². The van der Waals surface area contributed by atoms with Crippen LogP contribution in [0.15, 0.2) is 54.9 Å². The van der Waals surface area contributed by atoms with Crippen molar-refractivity contribution in [2.24, 2.45) is 17.6 Å². The number of nitrogens with zero attached hydrogens (tertiary/aromatic N) is 1. The van der Waals surface area contributed by atoms with E-state index in [-0.39, 0.29) is 17.9 Å². The van der Waals surface area contributed by atoms with Gasteiger partial charge in [0.25, 0.3) is 0 Å². The molecule has 0 aliphatic heterocycles. The van der Waals surface area contributed by atoms with Crippen molar-refractivity contribution in [2.75, 3.05) is 6.54 Å². The van der Waals surface area contributed by atoms with Crippen molar-refractivity contribution in [1.29, 1.82) is 0 Å². The highest BCUT2D eigenvalue weighted by molar-refractivity contribution is 5.79. The summed E-state index contributed by atoms with van der Waals surface area (Å²) < 4.78 is 0. The van der Waals surface area contributed by atoms with Crippen molar-refractivity contribution in [3.8, 4) is 0 Å². The average molecular weight is 323 g/mol. The summed E-state index contributed by atoms with van der Waals surface area (Å²) in [6.45, 7) is 0.734. The number of hydrogen-bond donors (Lipinski definition) is 2. The van der Waals surface area contributed by atoms with Crippen LogP contribution in [0.5, 0.6) is 0 Å². The lowest BCUT2D eigenvalue weighted by Gasteiger charge is -2.29. The molecule has 1 saturated carbocycles. The number of benzene rings is 1. The minimum Gasteiger partial charge on any atom is -0.345 e. The molecule has 2 aromatic rings. The molecule has 1 amide bonds. The molecule has 4 nitrogen and oxygen atoms in total. The van der Waals surface area contributed by atoms with E-state index >= 15 is 0 Å². The predicted octanol–water partition coefficient (Wildman–Crippen LogP) is 3.05. The lowest BCUT2D eigenvalue weighted by atomic mass is 9.81. The van der Waals surface area contributed by atoms with E-state index in [1.54, 1.807) is 12.4 Å². The molecular formula is C20H25N3O. The smallest absolute Gasteiger partial charge is 0.223 e. The van der Waals surface area contributed by atoms with Gasteiger partial charge in [-0.05, 0) is 61.4 Å². The number of rotatable bonds is 5. The first kappa shape index (κ1) is 16.7. The summed E-state index contributed by atoms with van der Waals surface area (Å²) in [6.07, 6.45) is 7.52. The van der Waals surface area contributed by atoms with Gasteiger partial charge in [0.1, 0.15) is 0 Å². The lowest BCUT2D eigenvalue weighted by Crippen LogP contribution is -2.37. The Morgan fingerprint density at radius 1 is 1.04 bits per heavy atom. The molecule has 0 radical (unpaired) electrons. The first-order valence-electron chi connectivity index (χ1n) is 8.73. The molecule has 1 aromatic carbocycles. The second-order valence-corrected chi connectivity index (χ2v) is 6.59. The summed E-state index contributed by atoms with van der Waals surface area (Å²) in [4.78, 5) is 16.9. The Labute approximate surface area is 143 Å². The van der Waals surface area contributed by atoms with Gasteiger partial charge >= 0.3 is 0 Å². The molecule has 0 bridgehead atoms. The molecule has 1 atom stereocenters. The standard InChI is InChI=1S/C20H25N3O/c21-14-15-6-8-18(9-7-15)20(24)23-19(16-4-2-1-3-5-16)17-10-12-22-13-11-17/h1-5,10-13,15,18-19H,6-9,14,21H2,(H,23,24)/t15?,18?,19-/m1/s1. The van der Waals surface area contributed by atoms with Gasteiger partial charge in [0.15, 0.2) is 0 Å². The third-order valence-corrected chi connectivity index (χ3v) is 5.01. The maximum Gasteiger partial charge on any atom is 0.223 e. The van der Waals surface area contributed by atoms with Crippen molar-refractivity contribution in [3.05, 3.63) is 66.0 Å². The number of carbonyl (C=O) groups excluding carboxylic acids is 1. The van der Waals surface area contributed by atoms with Gasteiger partial charge in [0, 0.05) is 18.3 Å². The number of hydrogen-bond acceptors (Lipinski definition) is 3. The van der Waals surface area contributed by atoms with E-state index in [2.05, 4.69) is 22.4 Å². The van der Waals surface area contributed by atoms with Crippen LogP contribution in [-0.4, -0.2) is 17.4 Å². The van der Waals surface area contributed by atoms with Gasteiger partial charge in [-0.2, -0.15) is 0 Å². The number of pyridine rings is 1. The molecule has 1 fully saturated rings. The van der Waals surface area contributed by atoms with Crippen LogP contribution in [0.4, 0.5) is 0 Å². The van der Waals surface area contributed by atoms with Crippen LogP contribution < -0.4 is 11.1 Å². The SMILES string of the molecule is NCC1CCC(C(=O)N[C@H](c2ccccc2)c2ccncc2)CC1. The van der Waals surface area contributed by atoms with Crippen LogP contribution in [0.1, 0.15) is 42.9 Å².